The maximum absolute atomic E-state index is 11.6. The smallest absolute Gasteiger partial charge is 0.304 e. The first kappa shape index (κ1) is 17.6. The van der Waals surface area contributed by atoms with E-state index in [9.17, 15) is 13.2 Å². The maximum Gasteiger partial charge on any atom is 0.304 e. The van der Waals surface area contributed by atoms with Crippen molar-refractivity contribution >= 4 is 27.9 Å². The first-order valence-corrected chi connectivity index (χ1v) is 8.11. The highest BCUT2D eigenvalue weighted by atomic mass is 32.2. The molecule has 0 fully saturated rings. The zero-order valence-corrected chi connectivity index (χ0v) is 12.0. The van der Waals surface area contributed by atoms with Crippen LogP contribution in [0.4, 0.5) is 0 Å². The molecule has 0 radical (unpaired) electrons. The standard InChI is InChI=1S/C9H20N2O5S2/c1-11(5-3-9(13)14)18(15,16)10-4-8-17-7-2-6-12/h10,12H,2-8H2,1H3,(H,13,14). The van der Waals surface area contributed by atoms with Gasteiger partial charge in [-0.05, 0) is 12.2 Å². The molecule has 9 heteroatoms. The van der Waals surface area contributed by atoms with E-state index in [4.69, 9.17) is 10.2 Å². The Morgan fingerprint density at radius 1 is 1.39 bits per heavy atom. The molecule has 0 aromatic carbocycles. The van der Waals surface area contributed by atoms with Gasteiger partial charge in [-0.1, -0.05) is 0 Å². The molecule has 108 valence electrons. The fourth-order valence-corrected chi connectivity index (χ4v) is 2.82. The Labute approximate surface area is 112 Å². The number of nitrogens with one attached hydrogen (secondary N) is 1. The van der Waals surface area contributed by atoms with Crippen LogP contribution in [-0.2, 0) is 15.0 Å². The first-order chi connectivity index (χ1) is 8.40. The van der Waals surface area contributed by atoms with Crippen LogP contribution in [0.25, 0.3) is 0 Å². The molecule has 0 bridgehead atoms. The molecular weight excluding hydrogens is 280 g/mol. The third kappa shape index (κ3) is 8.70. The van der Waals surface area contributed by atoms with Gasteiger partial charge in [-0.2, -0.15) is 24.5 Å². The van der Waals surface area contributed by atoms with Crippen molar-refractivity contribution in [3.05, 3.63) is 0 Å². The van der Waals surface area contributed by atoms with Crippen LogP contribution < -0.4 is 4.72 Å². The molecule has 0 atom stereocenters. The lowest BCUT2D eigenvalue weighted by Gasteiger charge is -2.16. The van der Waals surface area contributed by atoms with Gasteiger partial charge in [0, 0.05) is 32.5 Å². The Morgan fingerprint density at radius 2 is 2.06 bits per heavy atom. The Balaban J connectivity index is 3.81. The van der Waals surface area contributed by atoms with Gasteiger partial charge in [0.1, 0.15) is 0 Å². The minimum atomic E-state index is -3.59. The number of rotatable bonds is 11. The van der Waals surface area contributed by atoms with Crippen LogP contribution in [0.15, 0.2) is 0 Å². The number of aliphatic hydroxyl groups is 1. The molecule has 0 rings (SSSR count). The van der Waals surface area contributed by atoms with Crippen LogP contribution in [-0.4, -0.2) is 67.2 Å². The molecular formula is C9H20N2O5S2. The molecule has 0 aliphatic carbocycles. The highest BCUT2D eigenvalue weighted by Crippen LogP contribution is 2.01. The Morgan fingerprint density at radius 3 is 2.61 bits per heavy atom. The number of hydrogen-bond acceptors (Lipinski definition) is 5. The van der Waals surface area contributed by atoms with Crippen LogP contribution in [0.5, 0.6) is 0 Å². The number of nitrogens with zero attached hydrogens (tertiary/aromatic N) is 1. The summed E-state index contributed by atoms with van der Waals surface area (Å²) < 4.78 is 26.6. The van der Waals surface area contributed by atoms with Crippen LogP contribution >= 0.6 is 11.8 Å². The van der Waals surface area contributed by atoms with Crippen molar-refractivity contribution in [2.75, 3.05) is 38.2 Å². The highest BCUT2D eigenvalue weighted by Gasteiger charge is 2.17. The number of carboxylic acids is 1. The summed E-state index contributed by atoms with van der Waals surface area (Å²) in [5.41, 5.74) is 0. The van der Waals surface area contributed by atoms with E-state index in [1.807, 2.05) is 0 Å². The normalized spacial score (nSPS) is 11.9. The predicted molar refractivity (Wildman–Crippen MR) is 70.8 cm³/mol. The summed E-state index contributed by atoms with van der Waals surface area (Å²) in [5, 5.41) is 17.0. The molecule has 0 saturated carbocycles. The second kappa shape index (κ2) is 9.56. The van der Waals surface area contributed by atoms with E-state index in [2.05, 4.69) is 4.72 Å². The second-order valence-electron chi connectivity index (χ2n) is 3.55. The van der Waals surface area contributed by atoms with Gasteiger partial charge in [0.05, 0.1) is 6.42 Å². The Bertz CT molecular complexity index is 334. The highest BCUT2D eigenvalue weighted by molar-refractivity contribution is 7.99. The minimum Gasteiger partial charge on any atom is -0.481 e. The number of thioether (sulfide) groups is 1. The van der Waals surface area contributed by atoms with Gasteiger partial charge >= 0.3 is 5.97 Å². The van der Waals surface area contributed by atoms with Crippen molar-refractivity contribution in [3.8, 4) is 0 Å². The van der Waals surface area contributed by atoms with Crippen molar-refractivity contribution in [2.45, 2.75) is 12.8 Å². The Hall–Kier alpha value is -0.350. The fourth-order valence-electron chi connectivity index (χ4n) is 0.995. The van der Waals surface area contributed by atoms with Crippen LogP contribution in [0, 0.1) is 0 Å². The molecule has 0 unspecified atom stereocenters. The van der Waals surface area contributed by atoms with Crippen molar-refractivity contribution in [1.82, 2.24) is 9.03 Å². The van der Waals surface area contributed by atoms with Crippen LogP contribution in [0.2, 0.25) is 0 Å². The number of carboxylic acid groups (broad SMARTS) is 1. The van der Waals surface area contributed by atoms with Gasteiger partial charge < -0.3 is 10.2 Å². The van der Waals surface area contributed by atoms with Crippen molar-refractivity contribution < 1.29 is 23.4 Å². The van der Waals surface area contributed by atoms with Crippen LogP contribution in [0.1, 0.15) is 12.8 Å². The van der Waals surface area contributed by atoms with E-state index < -0.39 is 16.2 Å². The molecule has 0 saturated heterocycles. The van der Waals surface area contributed by atoms with E-state index in [0.29, 0.717) is 12.2 Å². The Kier molecular flexibility index (Phi) is 9.38. The average molecular weight is 300 g/mol. The summed E-state index contributed by atoms with van der Waals surface area (Å²) in [5.74, 6) is 0.371. The number of aliphatic carboxylic acids is 1. The summed E-state index contributed by atoms with van der Waals surface area (Å²) in [7, 11) is -2.25. The summed E-state index contributed by atoms with van der Waals surface area (Å²) in [6.45, 7) is 0.370. The lowest BCUT2D eigenvalue weighted by Crippen LogP contribution is -2.40. The number of aliphatic hydroxyl groups excluding tert-OH is 1. The van der Waals surface area contributed by atoms with E-state index in [-0.39, 0.29) is 26.1 Å². The topological polar surface area (TPSA) is 107 Å². The van der Waals surface area contributed by atoms with Gasteiger partial charge in [0.25, 0.3) is 10.2 Å². The maximum atomic E-state index is 11.6. The zero-order valence-electron chi connectivity index (χ0n) is 10.3. The molecule has 0 aliphatic heterocycles. The lowest BCUT2D eigenvalue weighted by atomic mass is 10.4. The summed E-state index contributed by atoms with van der Waals surface area (Å²) in [6.07, 6.45) is 0.471. The first-order valence-electron chi connectivity index (χ1n) is 5.51. The second-order valence-corrected chi connectivity index (χ2v) is 6.64. The molecule has 3 N–H and O–H groups in total. The third-order valence-corrected chi connectivity index (χ3v) is 4.67. The van der Waals surface area contributed by atoms with E-state index in [1.54, 1.807) is 11.8 Å². The molecule has 0 heterocycles. The van der Waals surface area contributed by atoms with E-state index >= 15 is 0 Å². The molecule has 18 heavy (non-hydrogen) atoms. The summed E-state index contributed by atoms with van der Waals surface area (Å²) in [4.78, 5) is 10.3. The van der Waals surface area contributed by atoms with Gasteiger partial charge in [0.15, 0.2) is 0 Å². The SMILES string of the molecule is CN(CCC(=O)O)S(=O)(=O)NCCSCCCO. The molecule has 0 aromatic heterocycles. The van der Waals surface area contributed by atoms with Crippen molar-refractivity contribution in [1.29, 1.82) is 0 Å². The number of hydrogen-bond donors (Lipinski definition) is 3. The van der Waals surface area contributed by atoms with Gasteiger partial charge in [0.2, 0.25) is 0 Å². The van der Waals surface area contributed by atoms with Crippen molar-refractivity contribution in [2.24, 2.45) is 0 Å². The van der Waals surface area contributed by atoms with Crippen molar-refractivity contribution in [3.63, 3.8) is 0 Å². The van der Waals surface area contributed by atoms with Gasteiger partial charge in [-0.25, -0.2) is 4.72 Å². The largest absolute Gasteiger partial charge is 0.481 e. The van der Waals surface area contributed by atoms with E-state index in [0.717, 1.165) is 10.1 Å². The molecule has 7 nitrogen and oxygen atoms in total. The molecule has 0 aromatic rings. The van der Waals surface area contributed by atoms with E-state index in [1.165, 1.54) is 7.05 Å². The zero-order chi connectivity index (χ0) is 14.0. The fraction of sp³-hybridized carbons (Fsp3) is 0.889. The quantitative estimate of drug-likeness (QED) is 0.437. The van der Waals surface area contributed by atoms with Gasteiger partial charge in [-0.15, -0.1) is 0 Å². The third-order valence-electron chi connectivity index (χ3n) is 2.03. The summed E-state index contributed by atoms with van der Waals surface area (Å²) >= 11 is 1.55. The minimum absolute atomic E-state index is 0.0533. The van der Waals surface area contributed by atoms with Gasteiger partial charge in [-0.3, -0.25) is 4.79 Å². The molecule has 0 spiro atoms. The number of carbonyl (C=O) groups is 1. The van der Waals surface area contributed by atoms with Crippen LogP contribution in [0.3, 0.4) is 0 Å². The molecule has 0 amide bonds. The average Bonchev–Trinajstić information content (AvgIpc) is 2.30. The lowest BCUT2D eigenvalue weighted by molar-refractivity contribution is -0.137. The monoisotopic (exact) mass is 300 g/mol. The predicted octanol–water partition coefficient (Wildman–Crippen LogP) is -0.657. The summed E-state index contributed by atoms with van der Waals surface area (Å²) in [6, 6.07) is 0. The molecule has 0 aliphatic rings.